The fourth-order valence-electron chi connectivity index (χ4n) is 0.782. The van der Waals surface area contributed by atoms with Crippen LogP contribution in [0.4, 0.5) is 5.82 Å². The van der Waals surface area contributed by atoms with Gasteiger partial charge in [-0.05, 0) is 12.4 Å². The van der Waals surface area contributed by atoms with Crippen molar-refractivity contribution in [3.8, 4) is 0 Å². The molecule has 0 amide bonds. The second-order valence-electron chi connectivity index (χ2n) is 2.22. The summed E-state index contributed by atoms with van der Waals surface area (Å²) in [4.78, 5) is 0. The van der Waals surface area contributed by atoms with Gasteiger partial charge in [0.1, 0.15) is 13.7 Å². The van der Waals surface area contributed by atoms with Crippen LogP contribution in [0.3, 0.4) is 0 Å². The van der Waals surface area contributed by atoms with Crippen LogP contribution in [0.25, 0.3) is 0 Å². The first-order valence-corrected chi connectivity index (χ1v) is 2.88. The van der Waals surface area contributed by atoms with Crippen LogP contribution in [-0.4, -0.2) is 17.6 Å². The summed E-state index contributed by atoms with van der Waals surface area (Å²) < 4.78 is 1.69. The average molecular weight is 123 g/mol. The van der Waals surface area contributed by atoms with Crippen molar-refractivity contribution in [3.05, 3.63) is 5.69 Å². The standard InChI is InChI=1S/C5H10BN3/c1-3-4(6)5(7)9(2)8-3/h6-7H2,1-2H3. The fourth-order valence-corrected chi connectivity index (χ4v) is 0.782. The van der Waals surface area contributed by atoms with Gasteiger partial charge in [0.2, 0.25) is 0 Å². The topological polar surface area (TPSA) is 43.8 Å². The molecule has 48 valence electrons. The Morgan fingerprint density at radius 3 is 2.33 bits per heavy atom. The molecule has 0 saturated carbocycles. The Labute approximate surface area is 55.3 Å². The Bertz CT molecular complexity index is 206. The minimum Gasteiger partial charge on any atom is -0.384 e. The van der Waals surface area contributed by atoms with Crippen LogP contribution in [0.2, 0.25) is 0 Å². The lowest BCUT2D eigenvalue weighted by Gasteiger charge is -1.91. The molecule has 0 bridgehead atoms. The number of rotatable bonds is 0. The van der Waals surface area contributed by atoms with E-state index in [2.05, 4.69) is 5.10 Å². The average Bonchev–Trinajstić information content (AvgIpc) is 1.98. The molecule has 0 aliphatic carbocycles. The van der Waals surface area contributed by atoms with Crippen LogP contribution in [0.1, 0.15) is 5.69 Å². The van der Waals surface area contributed by atoms with Gasteiger partial charge in [-0.25, -0.2) is 0 Å². The Morgan fingerprint density at radius 2 is 2.22 bits per heavy atom. The summed E-state index contributed by atoms with van der Waals surface area (Å²) in [6.07, 6.45) is 0. The lowest BCUT2D eigenvalue weighted by atomic mass is 9.96. The van der Waals surface area contributed by atoms with Crippen LogP contribution in [0.15, 0.2) is 0 Å². The Balaban J connectivity index is 3.29. The maximum absolute atomic E-state index is 5.60. The molecule has 0 atom stereocenters. The van der Waals surface area contributed by atoms with Crippen LogP contribution in [0.5, 0.6) is 0 Å². The van der Waals surface area contributed by atoms with Gasteiger partial charge in [-0.2, -0.15) is 5.10 Å². The minimum absolute atomic E-state index is 0.757. The molecule has 1 aromatic rings. The summed E-state index contributed by atoms with van der Waals surface area (Å²) in [5.41, 5.74) is 7.69. The molecule has 0 aromatic carbocycles. The predicted octanol–water partition coefficient (Wildman–Crippen LogP) is -1.43. The third-order valence-electron chi connectivity index (χ3n) is 1.58. The highest BCUT2D eigenvalue weighted by molar-refractivity contribution is 6.36. The molecule has 0 fully saturated rings. The van der Waals surface area contributed by atoms with Crippen molar-refractivity contribution >= 4 is 19.1 Å². The Hall–Kier alpha value is -0.925. The SMILES string of the molecule is Bc1c(C)nn(C)c1N. The van der Waals surface area contributed by atoms with Crippen molar-refractivity contribution in [3.63, 3.8) is 0 Å². The smallest absolute Gasteiger partial charge is 0.146 e. The number of aromatic nitrogens is 2. The summed E-state index contributed by atoms with van der Waals surface area (Å²) in [5.74, 6) is 0.757. The molecule has 3 nitrogen and oxygen atoms in total. The number of nitrogens with zero attached hydrogens (tertiary/aromatic N) is 2. The Morgan fingerprint density at radius 1 is 1.67 bits per heavy atom. The van der Waals surface area contributed by atoms with Crippen molar-refractivity contribution in [1.29, 1.82) is 0 Å². The summed E-state index contributed by atoms with van der Waals surface area (Å²) in [7, 11) is 3.81. The van der Waals surface area contributed by atoms with Gasteiger partial charge < -0.3 is 5.73 Å². The normalized spacial score (nSPS) is 10.0. The summed E-state index contributed by atoms with van der Waals surface area (Å²) in [6, 6.07) is 0. The van der Waals surface area contributed by atoms with Gasteiger partial charge in [-0.3, -0.25) is 4.68 Å². The number of hydrogen-bond acceptors (Lipinski definition) is 2. The van der Waals surface area contributed by atoms with Gasteiger partial charge in [-0.15, -0.1) is 0 Å². The monoisotopic (exact) mass is 123 g/mol. The minimum atomic E-state index is 0.757. The van der Waals surface area contributed by atoms with E-state index in [4.69, 9.17) is 5.73 Å². The molecule has 0 radical (unpaired) electrons. The van der Waals surface area contributed by atoms with E-state index in [-0.39, 0.29) is 0 Å². The molecule has 1 heterocycles. The van der Waals surface area contributed by atoms with E-state index < -0.39 is 0 Å². The van der Waals surface area contributed by atoms with Crippen LogP contribution >= 0.6 is 0 Å². The van der Waals surface area contributed by atoms with Gasteiger partial charge in [0.15, 0.2) is 0 Å². The maximum atomic E-state index is 5.60. The van der Waals surface area contributed by atoms with Gasteiger partial charge in [-0.1, -0.05) is 0 Å². The number of nitrogens with two attached hydrogens (primary N) is 1. The lowest BCUT2D eigenvalue weighted by molar-refractivity contribution is 0.767. The highest BCUT2D eigenvalue weighted by Gasteiger charge is 2.02. The molecule has 0 saturated heterocycles. The highest BCUT2D eigenvalue weighted by Crippen LogP contribution is 1.95. The van der Waals surface area contributed by atoms with Gasteiger partial charge in [0.25, 0.3) is 0 Å². The van der Waals surface area contributed by atoms with Crippen LogP contribution in [-0.2, 0) is 7.05 Å². The van der Waals surface area contributed by atoms with Gasteiger partial charge >= 0.3 is 0 Å². The van der Waals surface area contributed by atoms with Crippen molar-refractivity contribution in [2.24, 2.45) is 7.05 Å². The van der Waals surface area contributed by atoms with Crippen molar-refractivity contribution in [2.75, 3.05) is 5.73 Å². The maximum Gasteiger partial charge on any atom is 0.146 e. The lowest BCUT2D eigenvalue weighted by Crippen LogP contribution is -2.10. The van der Waals surface area contributed by atoms with E-state index in [1.54, 1.807) is 4.68 Å². The zero-order valence-electron chi connectivity index (χ0n) is 5.97. The zero-order chi connectivity index (χ0) is 7.02. The Kier molecular flexibility index (Phi) is 1.23. The van der Waals surface area contributed by atoms with Gasteiger partial charge in [0.05, 0.1) is 5.69 Å². The van der Waals surface area contributed by atoms with E-state index in [0.717, 1.165) is 17.0 Å². The first kappa shape index (κ1) is 6.20. The number of nitrogen functional groups attached to an aromatic ring is 1. The first-order valence-electron chi connectivity index (χ1n) is 2.88. The number of aryl methyl sites for hydroxylation is 2. The van der Waals surface area contributed by atoms with Crippen LogP contribution < -0.4 is 11.2 Å². The van der Waals surface area contributed by atoms with Crippen molar-refractivity contribution in [1.82, 2.24) is 9.78 Å². The largest absolute Gasteiger partial charge is 0.384 e. The quantitative estimate of drug-likeness (QED) is 0.430. The zero-order valence-corrected chi connectivity index (χ0v) is 5.97. The third-order valence-corrected chi connectivity index (χ3v) is 1.58. The van der Waals surface area contributed by atoms with Crippen molar-refractivity contribution < 1.29 is 0 Å². The molecule has 0 aliphatic rings. The number of hydrogen-bond donors (Lipinski definition) is 1. The van der Waals surface area contributed by atoms with Crippen LogP contribution in [0, 0.1) is 6.92 Å². The second-order valence-corrected chi connectivity index (χ2v) is 2.22. The van der Waals surface area contributed by atoms with Gasteiger partial charge in [0, 0.05) is 7.05 Å². The molecule has 1 rings (SSSR count). The van der Waals surface area contributed by atoms with E-state index in [1.165, 1.54) is 0 Å². The summed E-state index contributed by atoms with van der Waals surface area (Å²) >= 11 is 0. The van der Waals surface area contributed by atoms with E-state index in [9.17, 15) is 0 Å². The fraction of sp³-hybridized carbons (Fsp3) is 0.400. The summed E-state index contributed by atoms with van der Waals surface area (Å²) in [6.45, 7) is 1.95. The first-order chi connectivity index (χ1) is 4.13. The van der Waals surface area contributed by atoms with E-state index >= 15 is 0 Å². The summed E-state index contributed by atoms with van der Waals surface area (Å²) in [5, 5.41) is 4.10. The molecule has 0 aliphatic heterocycles. The van der Waals surface area contributed by atoms with E-state index in [0.29, 0.717) is 0 Å². The van der Waals surface area contributed by atoms with E-state index in [1.807, 2.05) is 21.8 Å². The molecule has 4 heteroatoms. The molecule has 1 aromatic heterocycles. The molecule has 0 spiro atoms. The third kappa shape index (κ3) is 0.802. The second kappa shape index (κ2) is 1.79. The molecule has 0 unspecified atom stereocenters. The number of anilines is 1. The highest BCUT2D eigenvalue weighted by atomic mass is 15.3. The molecule has 9 heavy (non-hydrogen) atoms. The molecule has 2 N–H and O–H groups in total. The van der Waals surface area contributed by atoms with Crippen molar-refractivity contribution in [2.45, 2.75) is 6.92 Å². The molecular weight excluding hydrogens is 113 g/mol. The predicted molar refractivity (Wildman–Crippen MR) is 40.5 cm³/mol. The molecular formula is C5H10BN3.